The normalized spacial score (nSPS) is 17.9. The molecule has 1 aliphatic rings. The molecule has 2 aromatic rings. The van der Waals surface area contributed by atoms with Crippen LogP contribution in [0.25, 0.3) is 11.3 Å². The lowest BCUT2D eigenvalue weighted by atomic mass is 10.2. The summed E-state index contributed by atoms with van der Waals surface area (Å²) in [5, 5.41) is 0. The van der Waals surface area contributed by atoms with Gasteiger partial charge in [-0.2, -0.15) is 0 Å². The first-order chi connectivity index (χ1) is 11.7. The number of hydrogen-bond acceptors (Lipinski definition) is 6. The molecule has 1 aliphatic heterocycles. The van der Waals surface area contributed by atoms with E-state index < -0.39 is 0 Å². The first-order valence-electron chi connectivity index (χ1n) is 8.11. The SMILES string of the molecule is CCOCC1CN(c2nc(-c3ccncc3)cc(=O)n2C)CCO1. The van der Waals surface area contributed by atoms with Crippen LogP contribution in [0.1, 0.15) is 6.92 Å². The molecule has 0 aliphatic carbocycles. The first kappa shape index (κ1) is 16.6. The summed E-state index contributed by atoms with van der Waals surface area (Å²) in [5.74, 6) is 0.652. The quantitative estimate of drug-likeness (QED) is 0.817. The Bertz CT molecular complexity index is 732. The number of ether oxygens (including phenoxy) is 2. The summed E-state index contributed by atoms with van der Waals surface area (Å²) >= 11 is 0. The molecule has 3 heterocycles. The van der Waals surface area contributed by atoms with Gasteiger partial charge in [-0.3, -0.25) is 14.3 Å². The second-order valence-corrected chi connectivity index (χ2v) is 5.67. The van der Waals surface area contributed by atoms with Crippen LogP contribution >= 0.6 is 0 Å². The lowest BCUT2D eigenvalue weighted by molar-refractivity contribution is -0.0212. The zero-order valence-electron chi connectivity index (χ0n) is 14.0. The Morgan fingerprint density at radius 3 is 2.92 bits per heavy atom. The third kappa shape index (κ3) is 3.63. The lowest BCUT2D eigenvalue weighted by Gasteiger charge is -2.34. The summed E-state index contributed by atoms with van der Waals surface area (Å²) in [6, 6.07) is 5.25. The summed E-state index contributed by atoms with van der Waals surface area (Å²) in [6.07, 6.45) is 3.38. The van der Waals surface area contributed by atoms with Crippen LogP contribution in [-0.2, 0) is 16.5 Å². The largest absolute Gasteiger partial charge is 0.379 e. The molecule has 2 aromatic heterocycles. The van der Waals surface area contributed by atoms with Gasteiger partial charge in [0.2, 0.25) is 5.95 Å². The van der Waals surface area contributed by atoms with Crippen molar-refractivity contribution in [1.29, 1.82) is 0 Å². The summed E-state index contributed by atoms with van der Waals surface area (Å²) in [4.78, 5) is 23.2. The van der Waals surface area contributed by atoms with Crippen LogP contribution in [0.3, 0.4) is 0 Å². The zero-order chi connectivity index (χ0) is 16.9. The van der Waals surface area contributed by atoms with E-state index in [1.807, 2.05) is 19.1 Å². The second kappa shape index (κ2) is 7.55. The number of pyridine rings is 1. The van der Waals surface area contributed by atoms with Crippen molar-refractivity contribution < 1.29 is 9.47 Å². The average Bonchev–Trinajstić information content (AvgIpc) is 2.63. The lowest BCUT2D eigenvalue weighted by Crippen LogP contribution is -2.46. The van der Waals surface area contributed by atoms with Crippen molar-refractivity contribution in [2.75, 3.05) is 37.8 Å². The number of rotatable bonds is 5. The van der Waals surface area contributed by atoms with Crippen molar-refractivity contribution in [3.8, 4) is 11.3 Å². The molecule has 7 heteroatoms. The Hall–Kier alpha value is -2.25. The summed E-state index contributed by atoms with van der Waals surface area (Å²) in [5.41, 5.74) is 1.45. The van der Waals surface area contributed by atoms with Crippen molar-refractivity contribution in [1.82, 2.24) is 14.5 Å². The third-order valence-electron chi connectivity index (χ3n) is 4.02. The molecule has 3 rings (SSSR count). The van der Waals surface area contributed by atoms with E-state index in [4.69, 9.17) is 14.5 Å². The molecule has 1 unspecified atom stereocenters. The molecule has 0 radical (unpaired) electrons. The molecule has 0 N–H and O–H groups in total. The molecule has 1 atom stereocenters. The van der Waals surface area contributed by atoms with Gasteiger partial charge in [0, 0.05) is 50.8 Å². The molecule has 0 spiro atoms. The van der Waals surface area contributed by atoms with Gasteiger partial charge >= 0.3 is 0 Å². The van der Waals surface area contributed by atoms with Gasteiger partial charge in [-0.15, -0.1) is 0 Å². The second-order valence-electron chi connectivity index (χ2n) is 5.67. The van der Waals surface area contributed by atoms with Crippen LogP contribution in [0, 0.1) is 0 Å². The molecule has 1 fully saturated rings. The molecule has 0 aromatic carbocycles. The highest BCUT2D eigenvalue weighted by atomic mass is 16.5. The fourth-order valence-corrected chi connectivity index (χ4v) is 2.73. The highest BCUT2D eigenvalue weighted by molar-refractivity contribution is 5.59. The molecular weight excluding hydrogens is 308 g/mol. The standard InChI is InChI=1S/C17H22N4O3/c1-3-23-12-14-11-21(8-9-24-14)17-19-15(10-16(22)20(17)2)13-4-6-18-7-5-13/h4-7,10,14H,3,8-9,11-12H2,1-2H3. The summed E-state index contributed by atoms with van der Waals surface area (Å²) < 4.78 is 12.8. The Morgan fingerprint density at radius 1 is 1.38 bits per heavy atom. The fourth-order valence-electron chi connectivity index (χ4n) is 2.73. The first-order valence-corrected chi connectivity index (χ1v) is 8.11. The van der Waals surface area contributed by atoms with Gasteiger partial charge in [0.25, 0.3) is 5.56 Å². The Labute approximate surface area is 140 Å². The van der Waals surface area contributed by atoms with Crippen LogP contribution in [0.2, 0.25) is 0 Å². The highest BCUT2D eigenvalue weighted by Gasteiger charge is 2.24. The van der Waals surface area contributed by atoms with Crippen LogP contribution < -0.4 is 10.5 Å². The smallest absolute Gasteiger partial charge is 0.255 e. The van der Waals surface area contributed by atoms with E-state index in [9.17, 15) is 4.79 Å². The number of aromatic nitrogens is 3. The molecule has 0 amide bonds. The van der Waals surface area contributed by atoms with Crippen molar-refractivity contribution >= 4 is 5.95 Å². The van der Waals surface area contributed by atoms with Gasteiger partial charge < -0.3 is 14.4 Å². The number of anilines is 1. The highest BCUT2D eigenvalue weighted by Crippen LogP contribution is 2.19. The monoisotopic (exact) mass is 330 g/mol. The van der Waals surface area contributed by atoms with Gasteiger partial charge in [0.1, 0.15) is 0 Å². The predicted octanol–water partition coefficient (Wildman–Crippen LogP) is 1.08. The third-order valence-corrected chi connectivity index (χ3v) is 4.02. The van der Waals surface area contributed by atoms with Crippen LogP contribution in [0.4, 0.5) is 5.95 Å². The van der Waals surface area contributed by atoms with E-state index in [1.54, 1.807) is 30.1 Å². The van der Waals surface area contributed by atoms with Gasteiger partial charge in [-0.1, -0.05) is 0 Å². The molecule has 24 heavy (non-hydrogen) atoms. The Kier molecular flexibility index (Phi) is 5.22. The van der Waals surface area contributed by atoms with Crippen molar-refractivity contribution in [2.24, 2.45) is 7.05 Å². The van der Waals surface area contributed by atoms with Gasteiger partial charge in [-0.05, 0) is 19.1 Å². The molecule has 0 saturated carbocycles. The minimum absolute atomic E-state index is 0.0137. The van der Waals surface area contributed by atoms with E-state index >= 15 is 0 Å². The minimum Gasteiger partial charge on any atom is -0.379 e. The van der Waals surface area contributed by atoms with Crippen molar-refractivity contribution in [3.05, 3.63) is 40.9 Å². The molecule has 1 saturated heterocycles. The number of nitrogens with zero attached hydrogens (tertiary/aromatic N) is 4. The number of hydrogen-bond donors (Lipinski definition) is 0. The van der Waals surface area contributed by atoms with E-state index in [1.165, 1.54) is 0 Å². The predicted molar refractivity (Wildman–Crippen MR) is 91.2 cm³/mol. The van der Waals surface area contributed by atoms with E-state index in [0.717, 1.165) is 5.56 Å². The molecule has 7 nitrogen and oxygen atoms in total. The maximum atomic E-state index is 12.4. The minimum atomic E-state index is -0.0836. The van der Waals surface area contributed by atoms with E-state index in [-0.39, 0.29) is 11.7 Å². The maximum Gasteiger partial charge on any atom is 0.255 e. The van der Waals surface area contributed by atoms with Gasteiger partial charge in [-0.25, -0.2) is 4.98 Å². The van der Waals surface area contributed by atoms with Crippen LogP contribution in [0.15, 0.2) is 35.4 Å². The average molecular weight is 330 g/mol. The summed E-state index contributed by atoms with van der Waals surface area (Å²) in [7, 11) is 1.74. The Balaban J connectivity index is 1.89. The Morgan fingerprint density at radius 2 is 2.17 bits per heavy atom. The van der Waals surface area contributed by atoms with E-state index in [2.05, 4.69) is 9.88 Å². The fraction of sp³-hybridized carbons (Fsp3) is 0.471. The van der Waals surface area contributed by atoms with Crippen LogP contribution in [0.5, 0.6) is 0 Å². The molecule has 128 valence electrons. The van der Waals surface area contributed by atoms with Crippen molar-refractivity contribution in [3.63, 3.8) is 0 Å². The molecule has 0 bridgehead atoms. The zero-order valence-corrected chi connectivity index (χ0v) is 14.0. The van der Waals surface area contributed by atoms with E-state index in [0.29, 0.717) is 44.6 Å². The maximum absolute atomic E-state index is 12.4. The number of morpholine rings is 1. The summed E-state index contributed by atoms with van der Waals surface area (Å²) in [6.45, 7) is 5.11. The van der Waals surface area contributed by atoms with Crippen molar-refractivity contribution in [2.45, 2.75) is 13.0 Å². The van der Waals surface area contributed by atoms with Gasteiger partial charge in [0.15, 0.2) is 0 Å². The molecular formula is C17H22N4O3. The topological polar surface area (TPSA) is 69.5 Å². The van der Waals surface area contributed by atoms with Gasteiger partial charge in [0.05, 0.1) is 25.0 Å². The van der Waals surface area contributed by atoms with Crippen LogP contribution in [-0.4, -0.2) is 53.5 Å².